The number of sulfonamides is 1. The highest BCUT2D eigenvalue weighted by Gasteiger charge is 2.15. The highest BCUT2D eigenvalue weighted by Crippen LogP contribution is 2.12. The fourth-order valence-electron chi connectivity index (χ4n) is 1.47. The second kappa shape index (κ2) is 5.95. The van der Waals surface area contributed by atoms with Crippen LogP contribution in [0.15, 0.2) is 28.0 Å². The summed E-state index contributed by atoms with van der Waals surface area (Å²) in [6.07, 6.45) is 2.17. The van der Waals surface area contributed by atoms with Crippen molar-refractivity contribution in [1.29, 1.82) is 0 Å². The van der Waals surface area contributed by atoms with Crippen LogP contribution in [0.4, 0.5) is 0 Å². The first kappa shape index (κ1) is 13.7. The minimum atomic E-state index is -3.51. The van der Waals surface area contributed by atoms with Gasteiger partial charge in [-0.25, -0.2) is 18.1 Å². The summed E-state index contributed by atoms with van der Waals surface area (Å²) in [6.45, 7) is 1.14. The van der Waals surface area contributed by atoms with Crippen LogP contribution in [0.2, 0.25) is 0 Å². The molecule has 2 aromatic rings. The van der Waals surface area contributed by atoms with Crippen molar-refractivity contribution < 1.29 is 12.8 Å². The minimum absolute atomic E-state index is 0.0814. The van der Waals surface area contributed by atoms with Gasteiger partial charge in [0.1, 0.15) is 17.9 Å². The predicted octanol–water partition coefficient (Wildman–Crippen LogP) is -0.362. The van der Waals surface area contributed by atoms with Gasteiger partial charge in [0.05, 0.1) is 6.54 Å². The van der Waals surface area contributed by atoms with Crippen LogP contribution in [-0.4, -0.2) is 37.2 Å². The number of furan rings is 1. The minimum Gasteiger partial charge on any atom is -0.447 e. The van der Waals surface area contributed by atoms with Crippen LogP contribution in [0.3, 0.4) is 0 Å². The number of hydrogen-bond donors (Lipinski definition) is 3. The van der Waals surface area contributed by atoms with Crippen LogP contribution in [-0.2, 0) is 23.0 Å². The number of H-pyrrole nitrogens is 1. The second-order valence-electron chi connectivity index (χ2n) is 3.79. The Labute approximate surface area is 110 Å². The van der Waals surface area contributed by atoms with Crippen LogP contribution in [0, 0.1) is 0 Å². The lowest BCUT2D eigenvalue weighted by Crippen LogP contribution is -2.18. The monoisotopic (exact) mass is 285 g/mol. The van der Waals surface area contributed by atoms with Crippen molar-refractivity contribution in [2.24, 2.45) is 0 Å². The number of nitrogens with zero attached hydrogens (tertiary/aromatic N) is 2. The molecule has 0 aliphatic rings. The number of aromatic nitrogens is 3. The summed E-state index contributed by atoms with van der Waals surface area (Å²) in [5, 5.41) is 9.54. The Bertz CT molecular complexity index is 605. The van der Waals surface area contributed by atoms with E-state index in [9.17, 15) is 8.42 Å². The Kier molecular flexibility index (Phi) is 4.30. The van der Waals surface area contributed by atoms with Gasteiger partial charge in [-0.15, -0.1) is 0 Å². The van der Waals surface area contributed by atoms with E-state index in [1.54, 1.807) is 6.07 Å². The summed E-state index contributed by atoms with van der Waals surface area (Å²) in [6, 6.07) is 3.06. The lowest BCUT2D eigenvalue weighted by molar-refractivity contribution is 0.401. The highest BCUT2D eigenvalue weighted by atomic mass is 32.2. The van der Waals surface area contributed by atoms with Gasteiger partial charge in [-0.1, -0.05) is 0 Å². The third-order valence-corrected chi connectivity index (χ3v) is 3.76. The number of hydrogen-bond acceptors (Lipinski definition) is 6. The van der Waals surface area contributed by atoms with E-state index in [0.717, 1.165) is 5.82 Å². The lowest BCUT2D eigenvalue weighted by Gasteiger charge is -2.01. The Balaban J connectivity index is 1.81. The van der Waals surface area contributed by atoms with Crippen molar-refractivity contribution in [3.05, 3.63) is 30.0 Å². The zero-order chi connectivity index (χ0) is 13.7. The van der Waals surface area contributed by atoms with Gasteiger partial charge in [0.2, 0.25) is 5.09 Å². The molecule has 2 aromatic heterocycles. The van der Waals surface area contributed by atoms with Crippen molar-refractivity contribution in [3.8, 4) is 0 Å². The molecule has 0 radical (unpaired) electrons. The Hall–Kier alpha value is -1.71. The van der Waals surface area contributed by atoms with E-state index < -0.39 is 10.0 Å². The lowest BCUT2D eigenvalue weighted by atomic mass is 10.4. The van der Waals surface area contributed by atoms with E-state index in [1.807, 2.05) is 0 Å². The summed E-state index contributed by atoms with van der Waals surface area (Å²) >= 11 is 0. The fourth-order valence-corrected chi connectivity index (χ4v) is 2.13. The van der Waals surface area contributed by atoms with E-state index in [1.165, 1.54) is 19.4 Å². The topological polar surface area (TPSA) is 113 Å². The first-order valence-corrected chi connectivity index (χ1v) is 7.17. The normalized spacial score (nSPS) is 11.8. The van der Waals surface area contributed by atoms with Crippen LogP contribution >= 0.6 is 0 Å². The van der Waals surface area contributed by atoms with Crippen LogP contribution in [0.5, 0.6) is 0 Å². The second-order valence-corrected chi connectivity index (χ2v) is 5.60. The van der Waals surface area contributed by atoms with E-state index in [2.05, 4.69) is 25.2 Å². The molecule has 2 rings (SSSR count). The van der Waals surface area contributed by atoms with E-state index >= 15 is 0 Å². The first-order valence-electron chi connectivity index (χ1n) is 5.69. The summed E-state index contributed by atoms with van der Waals surface area (Å²) < 4.78 is 30.3. The van der Waals surface area contributed by atoms with E-state index in [4.69, 9.17) is 4.42 Å². The maximum absolute atomic E-state index is 11.5. The van der Waals surface area contributed by atoms with Gasteiger partial charge in [-0.2, -0.15) is 5.10 Å². The number of aromatic amines is 1. The molecule has 0 unspecified atom stereocenters. The van der Waals surface area contributed by atoms with E-state index in [0.29, 0.717) is 25.3 Å². The fraction of sp³-hybridized carbons (Fsp3) is 0.400. The van der Waals surface area contributed by atoms with Gasteiger partial charge >= 0.3 is 0 Å². The smallest absolute Gasteiger partial charge is 0.273 e. The maximum Gasteiger partial charge on any atom is 0.273 e. The highest BCUT2D eigenvalue weighted by molar-refractivity contribution is 7.89. The first-order chi connectivity index (χ1) is 9.12. The van der Waals surface area contributed by atoms with Crippen molar-refractivity contribution in [3.63, 3.8) is 0 Å². The molecule has 9 heteroatoms. The Morgan fingerprint density at radius 1 is 1.42 bits per heavy atom. The number of rotatable bonds is 7. The van der Waals surface area contributed by atoms with Crippen LogP contribution < -0.4 is 10.0 Å². The zero-order valence-corrected chi connectivity index (χ0v) is 11.2. The SMILES string of the molecule is CNS(=O)(=O)c1ccc(CNCCc2ncn[nH]2)o1. The summed E-state index contributed by atoms with van der Waals surface area (Å²) in [7, 11) is -2.17. The molecular weight excluding hydrogens is 270 g/mol. The summed E-state index contributed by atoms with van der Waals surface area (Å²) in [5.74, 6) is 1.36. The molecule has 0 aliphatic heterocycles. The Morgan fingerprint density at radius 3 is 2.95 bits per heavy atom. The molecule has 0 fully saturated rings. The van der Waals surface area contributed by atoms with Gasteiger partial charge in [0.25, 0.3) is 10.0 Å². The molecule has 0 atom stereocenters. The molecule has 0 aromatic carbocycles. The largest absolute Gasteiger partial charge is 0.447 e. The van der Waals surface area contributed by atoms with Gasteiger partial charge in [0, 0.05) is 13.0 Å². The molecule has 104 valence electrons. The molecule has 2 heterocycles. The summed E-state index contributed by atoms with van der Waals surface area (Å²) in [5.41, 5.74) is 0. The van der Waals surface area contributed by atoms with Crippen molar-refractivity contribution >= 4 is 10.0 Å². The van der Waals surface area contributed by atoms with Crippen LogP contribution in [0.1, 0.15) is 11.6 Å². The van der Waals surface area contributed by atoms with Gasteiger partial charge in [-0.3, -0.25) is 5.10 Å². The van der Waals surface area contributed by atoms with Gasteiger partial charge < -0.3 is 9.73 Å². The zero-order valence-electron chi connectivity index (χ0n) is 10.4. The van der Waals surface area contributed by atoms with Gasteiger partial charge in [0.15, 0.2) is 0 Å². The van der Waals surface area contributed by atoms with Crippen LogP contribution in [0.25, 0.3) is 0 Å². The number of nitrogens with one attached hydrogen (secondary N) is 3. The molecule has 0 aliphatic carbocycles. The third kappa shape index (κ3) is 3.63. The Morgan fingerprint density at radius 2 is 2.26 bits per heavy atom. The van der Waals surface area contributed by atoms with E-state index in [-0.39, 0.29) is 5.09 Å². The molecule has 0 amide bonds. The summed E-state index contributed by atoms with van der Waals surface area (Å²) in [4.78, 5) is 3.99. The maximum atomic E-state index is 11.5. The quantitative estimate of drug-likeness (QED) is 0.599. The third-order valence-electron chi connectivity index (χ3n) is 2.47. The van der Waals surface area contributed by atoms with Crippen molar-refractivity contribution in [1.82, 2.24) is 25.2 Å². The molecule has 0 saturated carbocycles. The molecule has 8 nitrogen and oxygen atoms in total. The molecule has 0 bridgehead atoms. The standard InChI is InChI=1S/C10H15N5O3S/c1-11-19(16,17)10-3-2-8(18-10)6-12-5-4-9-13-7-14-15-9/h2-3,7,11-12H,4-6H2,1H3,(H,13,14,15). The molecule has 3 N–H and O–H groups in total. The van der Waals surface area contributed by atoms with Gasteiger partial charge in [-0.05, 0) is 19.2 Å². The molecular formula is C10H15N5O3S. The van der Waals surface area contributed by atoms with Crippen molar-refractivity contribution in [2.75, 3.05) is 13.6 Å². The van der Waals surface area contributed by atoms with Crippen molar-refractivity contribution in [2.45, 2.75) is 18.1 Å². The molecule has 19 heavy (non-hydrogen) atoms. The molecule has 0 spiro atoms. The molecule has 0 saturated heterocycles. The average molecular weight is 285 g/mol. The predicted molar refractivity (Wildman–Crippen MR) is 66.7 cm³/mol. The average Bonchev–Trinajstić information content (AvgIpc) is 3.06.